The van der Waals surface area contributed by atoms with Crippen LogP contribution < -0.4 is 10.2 Å². The zero-order valence-corrected chi connectivity index (χ0v) is 17.9. The van der Waals surface area contributed by atoms with Crippen LogP contribution in [0.5, 0.6) is 0 Å². The molecule has 0 spiro atoms. The highest BCUT2D eigenvalue weighted by Gasteiger charge is 2.36. The van der Waals surface area contributed by atoms with Crippen molar-refractivity contribution in [3.05, 3.63) is 75.1 Å². The first-order chi connectivity index (χ1) is 14.2. The fourth-order valence-corrected chi connectivity index (χ4v) is 3.90. The van der Waals surface area contributed by atoms with Gasteiger partial charge in [0.25, 0.3) is 0 Å². The molecule has 2 aromatic carbocycles. The van der Waals surface area contributed by atoms with Crippen LogP contribution in [0, 0.1) is 0 Å². The van der Waals surface area contributed by atoms with Gasteiger partial charge in [-0.3, -0.25) is 9.59 Å². The maximum Gasteiger partial charge on any atom is 0.240 e. The van der Waals surface area contributed by atoms with Crippen molar-refractivity contribution in [2.75, 3.05) is 11.4 Å². The van der Waals surface area contributed by atoms with E-state index in [1.54, 1.807) is 12.1 Å². The summed E-state index contributed by atoms with van der Waals surface area (Å²) in [6.07, 6.45) is 0.289. The molecular formula is C22H24ClN5O2. The molecule has 3 rings (SSSR count). The Morgan fingerprint density at radius 1 is 1.27 bits per heavy atom. The van der Waals surface area contributed by atoms with Crippen molar-refractivity contribution in [3.8, 4) is 0 Å². The van der Waals surface area contributed by atoms with E-state index in [-0.39, 0.29) is 24.8 Å². The number of amides is 2. The Morgan fingerprint density at radius 2 is 1.97 bits per heavy atom. The van der Waals surface area contributed by atoms with Crippen molar-refractivity contribution in [2.45, 2.75) is 44.7 Å². The molecule has 7 nitrogen and oxygen atoms in total. The topological polar surface area (TPSA) is 98.2 Å². The Hall–Kier alpha value is -3.02. The van der Waals surface area contributed by atoms with E-state index in [0.29, 0.717) is 10.7 Å². The molecule has 0 fully saturated rings. The molecule has 30 heavy (non-hydrogen) atoms. The Labute approximate surface area is 180 Å². The smallest absolute Gasteiger partial charge is 0.240 e. The summed E-state index contributed by atoms with van der Waals surface area (Å²) in [5.41, 5.74) is 11.0. The number of nitrogens with zero attached hydrogens (tertiary/aromatic N) is 4. The van der Waals surface area contributed by atoms with Crippen molar-refractivity contribution in [2.24, 2.45) is 5.11 Å². The van der Waals surface area contributed by atoms with Crippen LogP contribution in [0.15, 0.2) is 53.6 Å². The predicted molar refractivity (Wildman–Crippen MR) is 118 cm³/mol. The fourth-order valence-electron chi connectivity index (χ4n) is 3.72. The van der Waals surface area contributed by atoms with Crippen LogP contribution in [-0.4, -0.2) is 29.9 Å². The molecule has 8 heteroatoms. The molecule has 0 aromatic heterocycles. The van der Waals surface area contributed by atoms with E-state index < -0.39 is 17.5 Å². The molecule has 1 aliphatic rings. The van der Waals surface area contributed by atoms with Gasteiger partial charge in [0, 0.05) is 27.1 Å². The third-order valence-corrected chi connectivity index (χ3v) is 5.11. The first kappa shape index (κ1) is 21.7. The molecule has 1 N–H and O–H groups in total. The summed E-state index contributed by atoms with van der Waals surface area (Å²) in [6.45, 7) is 5.44. The molecule has 2 amide bonds. The van der Waals surface area contributed by atoms with Gasteiger partial charge in [0.2, 0.25) is 11.8 Å². The van der Waals surface area contributed by atoms with Crippen LogP contribution in [0.1, 0.15) is 44.2 Å². The first-order valence-corrected chi connectivity index (χ1v) is 10.1. The molecular weight excluding hydrogens is 402 g/mol. The maximum absolute atomic E-state index is 13.3. The van der Waals surface area contributed by atoms with Gasteiger partial charge in [-0.2, -0.15) is 0 Å². The summed E-state index contributed by atoms with van der Waals surface area (Å²) in [5, 5.41) is 7.17. The van der Waals surface area contributed by atoms with E-state index in [1.165, 1.54) is 4.90 Å². The van der Waals surface area contributed by atoms with Crippen molar-refractivity contribution >= 4 is 29.1 Å². The number of benzene rings is 2. The minimum Gasteiger partial charge on any atom is -0.350 e. The van der Waals surface area contributed by atoms with E-state index in [0.717, 1.165) is 11.1 Å². The van der Waals surface area contributed by atoms with Crippen molar-refractivity contribution in [3.63, 3.8) is 0 Å². The van der Waals surface area contributed by atoms with E-state index in [9.17, 15) is 9.59 Å². The lowest BCUT2D eigenvalue weighted by Gasteiger charge is -2.27. The Bertz CT molecular complexity index is 996. The number of hydrogen-bond acceptors (Lipinski definition) is 3. The van der Waals surface area contributed by atoms with Crippen LogP contribution in [0.4, 0.5) is 5.69 Å². The normalized spacial score (nSPS) is 18.8. The van der Waals surface area contributed by atoms with Crippen LogP contribution in [0.2, 0.25) is 5.02 Å². The molecule has 0 saturated heterocycles. The van der Waals surface area contributed by atoms with Gasteiger partial charge in [0.1, 0.15) is 12.6 Å². The zero-order valence-electron chi connectivity index (χ0n) is 17.2. The number of hydrogen-bond donors (Lipinski definition) is 1. The third-order valence-electron chi connectivity index (χ3n) is 4.87. The summed E-state index contributed by atoms with van der Waals surface area (Å²) in [6, 6.07) is 14.0. The van der Waals surface area contributed by atoms with Crippen molar-refractivity contribution in [1.82, 2.24) is 5.32 Å². The Morgan fingerprint density at radius 3 is 2.60 bits per heavy atom. The van der Waals surface area contributed by atoms with Gasteiger partial charge in [-0.1, -0.05) is 47.0 Å². The monoisotopic (exact) mass is 425 g/mol. The highest BCUT2D eigenvalue weighted by molar-refractivity contribution is 6.30. The highest BCUT2D eigenvalue weighted by Crippen LogP contribution is 2.41. The Kier molecular flexibility index (Phi) is 6.34. The number of carbonyl (C=O) groups excluding carboxylic acids is 2. The average Bonchev–Trinajstić information content (AvgIpc) is 2.78. The number of azide groups is 1. The second-order valence-electron chi connectivity index (χ2n) is 8.35. The number of carbonyl (C=O) groups is 2. The summed E-state index contributed by atoms with van der Waals surface area (Å²) < 4.78 is 0. The molecule has 156 valence electrons. The van der Waals surface area contributed by atoms with E-state index in [2.05, 4.69) is 15.3 Å². The van der Waals surface area contributed by atoms with Gasteiger partial charge < -0.3 is 10.2 Å². The number of fused-ring (bicyclic) bond motifs is 1. The largest absolute Gasteiger partial charge is 0.350 e. The minimum atomic E-state index is -0.936. The van der Waals surface area contributed by atoms with E-state index in [4.69, 9.17) is 17.1 Å². The van der Waals surface area contributed by atoms with Gasteiger partial charge >= 0.3 is 0 Å². The molecule has 0 saturated carbocycles. The molecule has 0 bridgehead atoms. The lowest BCUT2D eigenvalue weighted by molar-refractivity contribution is -0.125. The van der Waals surface area contributed by atoms with E-state index >= 15 is 0 Å². The lowest BCUT2D eigenvalue weighted by atomic mass is 9.86. The minimum absolute atomic E-state index is 0.177. The molecule has 0 aliphatic carbocycles. The summed E-state index contributed by atoms with van der Waals surface area (Å²) >= 11 is 6.29. The van der Waals surface area contributed by atoms with Crippen LogP contribution in [-0.2, 0) is 9.59 Å². The van der Waals surface area contributed by atoms with Gasteiger partial charge in [0.15, 0.2) is 0 Å². The van der Waals surface area contributed by atoms with Crippen LogP contribution in [0.25, 0.3) is 10.4 Å². The maximum atomic E-state index is 13.3. The number of halogens is 1. The summed E-state index contributed by atoms with van der Waals surface area (Å²) in [5.74, 6) is -0.913. The van der Waals surface area contributed by atoms with Gasteiger partial charge in [-0.25, -0.2) is 0 Å². The molecule has 0 radical (unpaired) electrons. The molecule has 1 aliphatic heterocycles. The third kappa shape index (κ3) is 4.93. The van der Waals surface area contributed by atoms with Crippen molar-refractivity contribution < 1.29 is 9.59 Å². The number of anilines is 1. The second-order valence-corrected chi connectivity index (χ2v) is 8.78. The SMILES string of the molecule is CC(C)(C)NC(=O)CN1C(=O)C(N=[N+]=[N-])CC(c2ccccc2)c2cc(Cl)ccc21. The zero-order chi connectivity index (χ0) is 21.9. The standard InChI is InChI=1S/C22H24ClN5O2/c1-22(2,3)25-20(29)13-28-19-10-9-15(23)11-17(19)16(14-7-5-4-6-8-14)12-18(21(28)30)26-27-24/h4-11,16,18H,12-13H2,1-3H3,(H,25,29). The van der Waals surface area contributed by atoms with Gasteiger partial charge in [-0.05, 0) is 62.0 Å². The van der Waals surface area contributed by atoms with Crippen LogP contribution in [0.3, 0.4) is 0 Å². The highest BCUT2D eigenvalue weighted by atomic mass is 35.5. The molecule has 1 heterocycles. The quantitative estimate of drug-likeness (QED) is 0.432. The second kappa shape index (κ2) is 8.78. The molecule has 2 atom stereocenters. The summed E-state index contributed by atoms with van der Waals surface area (Å²) in [4.78, 5) is 30.2. The number of rotatable bonds is 4. The molecule has 2 aromatic rings. The van der Waals surface area contributed by atoms with Gasteiger partial charge in [0.05, 0.1) is 0 Å². The summed E-state index contributed by atoms with van der Waals surface area (Å²) in [7, 11) is 0. The first-order valence-electron chi connectivity index (χ1n) is 9.70. The van der Waals surface area contributed by atoms with E-state index in [1.807, 2.05) is 57.2 Å². The number of nitrogens with one attached hydrogen (secondary N) is 1. The lowest BCUT2D eigenvalue weighted by Crippen LogP contribution is -2.49. The van der Waals surface area contributed by atoms with Crippen LogP contribution >= 0.6 is 11.6 Å². The van der Waals surface area contributed by atoms with Crippen molar-refractivity contribution in [1.29, 1.82) is 0 Å². The average molecular weight is 426 g/mol. The Balaban J connectivity index is 2.12. The fraction of sp³-hybridized carbons (Fsp3) is 0.364. The van der Waals surface area contributed by atoms with Gasteiger partial charge in [-0.15, -0.1) is 0 Å². The predicted octanol–water partition coefficient (Wildman–Crippen LogP) is 4.80. The molecule has 2 unspecified atom stereocenters.